The molecule has 6 nitrogen and oxygen atoms in total. The van der Waals surface area contributed by atoms with Crippen molar-refractivity contribution in [3.05, 3.63) is 90.0 Å². The Hall–Kier alpha value is -3.32. The van der Waals surface area contributed by atoms with Crippen LogP contribution in [0.3, 0.4) is 0 Å². The summed E-state index contributed by atoms with van der Waals surface area (Å²) < 4.78 is 33.3. The summed E-state index contributed by atoms with van der Waals surface area (Å²) in [6, 6.07) is 22.3. The second-order valence-electron chi connectivity index (χ2n) is 7.45. The van der Waals surface area contributed by atoms with Gasteiger partial charge in [0.1, 0.15) is 12.3 Å². The number of nitrogens with zero attached hydrogens (tertiary/aromatic N) is 1. The number of amides is 1. The fourth-order valence-electron chi connectivity index (χ4n) is 3.27. The fraction of sp³-hybridized carbons (Fsp3) is 0.240. The Morgan fingerprint density at radius 2 is 1.59 bits per heavy atom. The minimum atomic E-state index is -3.92. The highest BCUT2D eigenvalue weighted by atomic mass is 32.2. The first-order valence-electron chi connectivity index (χ1n) is 10.5. The molecule has 0 saturated carbocycles. The minimum absolute atomic E-state index is 0.132. The van der Waals surface area contributed by atoms with E-state index in [0.717, 1.165) is 21.2 Å². The summed E-state index contributed by atoms with van der Waals surface area (Å²) in [5.74, 6) is 0.362. The largest absolute Gasteiger partial charge is 0.494 e. The molecule has 1 amide bonds. The van der Waals surface area contributed by atoms with Gasteiger partial charge in [-0.25, -0.2) is 8.42 Å². The van der Waals surface area contributed by atoms with Crippen LogP contribution >= 0.6 is 0 Å². The topological polar surface area (TPSA) is 75.7 Å². The van der Waals surface area contributed by atoms with Crippen LogP contribution < -0.4 is 14.4 Å². The van der Waals surface area contributed by atoms with Gasteiger partial charge >= 0.3 is 0 Å². The van der Waals surface area contributed by atoms with Crippen LogP contribution in [-0.2, 0) is 14.8 Å². The summed E-state index contributed by atoms with van der Waals surface area (Å²) in [6.07, 6.45) is 0. The first kappa shape index (κ1) is 23.3. The van der Waals surface area contributed by atoms with Crippen LogP contribution in [0.5, 0.6) is 5.75 Å². The lowest BCUT2D eigenvalue weighted by Crippen LogP contribution is -2.41. The first-order valence-corrected chi connectivity index (χ1v) is 11.9. The van der Waals surface area contributed by atoms with Crippen molar-refractivity contribution in [3.63, 3.8) is 0 Å². The van der Waals surface area contributed by atoms with Crippen LogP contribution in [0.25, 0.3) is 0 Å². The highest BCUT2D eigenvalue weighted by molar-refractivity contribution is 7.92. The molecule has 1 atom stereocenters. The predicted octanol–water partition coefficient (Wildman–Crippen LogP) is 4.47. The molecule has 0 spiro atoms. The maximum atomic E-state index is 13.3. The van der Waals surface area contributed by atoms with Crippen molar-refractivity contribution in [2.24, 2.45) is 0 Å². The number of ether oxygens (including phenoxy) is 1. The van der Waals surface area contributed by atoms with Crippen LogP contribution in [0, 0.1) is 6.92 Å². The Bertz CT molecular complexity index is 1130. The number of benzene rings is 3. The van der Waals surface area contributed by atoms with Gasteiger partial charge in [0.15, 0.2) is 0 Å². The van der Waals surface area contributed by atoms with E-state index in [-0.39, 0.29) is 17.5 Å². The smallest absolute Gasteiger partial charge is 0.264 e. The van der Waals surface area contributed by atoms with E-state index >= 15 is 0 Å². The van der Waals surface area contributed by atoms with Gasteiger partial charge in [0.05, 0.1) is 23.2 Å². The van der Waals surface area contributed by atoms with Crippen LogP contribution in [0.15, 0.2) is 83.8 Å². The van der Waals surface area contributed by atoms with Gasteiger partial charge in [-0.3, -0.25) is 9.10 Å². The number of carbonyl (C=O) groups excluding carboxylic acids is 1. The Kier molecular flexibility index (Phi) is 7.53. The van der Waals surface area contributed by atoms with Crippen LogP contribution in [0.2, 0.25) is 0 Å². The molecule has 0 fully saturated rings. The van der Waals surface area contributed by atoms with E-state index in [1.165, 1.54) is 12.1 Å². The summed E-state index contributed by atoms with van der Waals surface area (Å²) in [6.45, 7) is 5.94. The number of aryl methyl sites for hydroxylation is 1. The molecule has 0 aliphatic heterocycles. The molecule has 3 aromatic rings. The third kappa shape index (κ3) is 5.68. The molecule has 0 unspecified atom stereocenters. The quantitative estimate of drug-likeness (QED) is 0.520. The summed E-state index contributed by atoms with van der Waals surface area (Å²) in [7, 11) is -3.92. The first-order chi connectivity index (χ1) is 15.3. The molecule has 3 aromatic carbocycles. The Morgan fingerprint density at radius 1 is 0.969 bits per heavy atom. The van der Waals surface area contributed by atoms with E-state index in [4.69, 9.17) is 4.74 Å². The standard InChI is InChI=1S/C25H28N2O4S/c1-4-31-23-16-12-21(13-17-23)20(3)26-25(28)18-27(22-14-10-19(2)11-15-22)32(29,30)24-8-6-5-7-9-24/h5-17,20H,4,18H2,1-3H3,(H,26,28)/t20-/m0/s1. The molecule has 32 heavy (non-hydrogen) atoms. The molecule has 7 heteroatoms. The summed E-state index contributed by atoms with van der Waals surface area (Å²) >= 11 is 0. The highest BCUT2D eigenvalue weighted by Gasteiger charge is 2.27. The highest BCUT2D eigenvalue weighted by Crippen LogP contribution is 2.24. The van der Waals surface area contributed by atoms with Gasteiger partial charge in [-0.2, -0.15) is 0 Å². The molecule has 0 saturated heterocycles. The molecule has 168 valence electrons. The van der Waals surface area contributed by atoms with Crippen LogP contribution in [0.4, 0.5) is 5.69 Å². The lowest BCUT2D eigenvalue weighted by molar-refractivity contribution is -0.120. The maximum absolute atomic E-state index is 13.3. The monoisotopic (exact) mass is 452 g/mol. The normalized spacial score (nSPS) is 12.1. The molecule has 0 aliphatic carbocycles. The summed E-state index contributed by atoms with van der Waals surface area (Å²) in [4.78, 5) is 13.0. The number of hydrogen-bond acceptors (Lipinski definition) is 4. The molecule has 3 rings (SSSR count). The average molecular weight is 453 g/mol. The number of nitrogens with one attached hydrogen (secondary N) is 1. The Morgan fingerprint density at radius 3 is 2.19 bits per heavy atom. The SMILES string of the molecule is CCOc1ccc([C@H](C)NC(=O)CN(c2ccc(C)cc2)S(=O)(=O)c2ccccc2)cc1. The van der Waals surface area contributed by atoms with Crippen molar-refractivity contribution in [1.82, 2.24) is 5.32 Å². The third-order valence-corrected chi connectivity index (χ3v) is 6.80. The fourth-order valence-corrected chi connectivity index (χ4v) is 4.71. The zero-order valence-electron chi connectivity index (χ0n) is 18.5. The van der Waals surface area contributed by atoms with Gasteiger partial charge in [-0.1, -0.05) is 48.0 Å². The van der Waals surface area contributed by atoms with Gasteiger partial charge in [0.2, 0.25) is 5.91 Å². The molecule has 0 bridgehead atoms. The number of hydrogen-bond donors (Lipinski definition) is 1. The van der Waals surface area contributed by atoms with E-state index in [0.29, 0.717) is 12.3 Å². The van der Waals surface area contributed by atoms with Crippen LogP contribution in [-0.4, -0.2) is 27.5 Å². The Balaban J connectivity index is 1.81. The molecular weight excluding hydrogens is 424 g/mol. The number of sulfonamides is 1. The zero-order valence-corrected chi connectivity index (χ0v) is 19.3. The van der Waals surface area contributed by atoms with E-state index in [1.807, 2.05) is 57.2 Å². The molecule has 0 aromatic heterocycles. The number of carbonyl (C=O) groups is 1. The van der Waals surface area contributed by atoms with Crippen molar-refractivity contribution in [1.29, 1.82) is 0 Å². The van der Waals surface area contributed by atoms with Gasteiger partial charge in [-0.15, -0.1) is 0 Å². The van der Waals surface area contributed by atoms with E-state index in [2.05, 4.69) is 5.32 Å². The summed E-state index contributed by atoms with van der Waals surface area (Å²) in [5.41, 5.74) is 2.33. The number of rotatable bonds is 9. The average Bonchev–Trinajstić information content (AvgIpc) is 2.79. The zero-order chi connectivity index (χ0) is 23.1. The van der Waals surface area contributed by atoms with Gasteiger partial charge in [0.25, 0.3) is 10.0 Å². The molecule has 1 N–H and O–H groups in total. The number of anilines is 1. The van der Waals surface area contributed by atoms with Crippen molar-refractivity contribution in [3.8, 4) is 5.75 Å². The summed E-state index contributed by atoms with van der Waals surface area (Å²) in [5, 5.41) is 2.90. The van der Waals surface area contributed by atoms with Crippen molar-refractivity contribution in [2.45, 2.75) is 31.7 Å². The van der Waals surface area contributed by atoms with E-state index < -0.39 is 15.9 Å². The molecular formula is C25H28N2O4S. The Labute approximate surface area is 189 Å². The van der Waals surface area contributed by atoms with Crippen molar-refractivity contribution >= 4 is 21.6 Å². The molecule has 0 heterocycles. The third-order valence-electron chi connectivity index (χ3n) is 5.01. The van der Waals surface area contributed by atoms with Gasteiger partial charge in [-0.05, 0) is 62.7 Å². The van der Waals surface area contributed by atoms with E-state index in [9.17, 15) is 13.2 Å². The second-order valence-corrected chi connectivity index (χ2v) is 9.31. The minimum Gasteiger partial charge on any atom is -0.494 e. The predicted molar refractivity (Wildman–Crippen MR) is 126 cm³/mol. The van der Waals surface area contributed by atoms with Crippen molar-refractivity contribution in [2.75, 3.05) is 17.5 Å². The molecule has 0 radical (unpaired) electrons. The maximum Gasteiger partial charge on any atom is 0.264 e. The lowest BCUT2D eigenvalue weighted by atomic mass is 10.1. The van der Waals surface area contributed by atoms with Crippen molar-refractivity contribution < 1.29 is 17.9 Å². The van der Waals surface area contributed by atoms with Gasteiger partial charge < -0.3 is 10.1 Å². The second kappa shape index (κ2) is 10.3. The molecule has 0 aliphatic rings. The van der Waals surface area contributed by atoms with Gasteiger partial charge in [0, 0.05) is 0 Å². The van der Waals surface area contributed by atoms with Crippen LogP contribution in [0.1, 0.15) is 31.0 Å². The van der Waals surface area contributed by atoms with E-state index in [1.54, 1.807) is 30.3 Å². The lowest BCUT2D eigenvalue weighted by Gasteiger charge is -2.25.